The number of benzene rings is 2. The van der Waals surface area contributed by atoms with Gasteiger partial charge in [0.05, 0.1) is 14.2 Å². The van der Waals surface area contributed by atoms with Gasteiger partial charge in [-0.2, -0.15) is 0 Å². The molecule has 2 N–H and O–H groups in total. The predicted molar refractivity (Wildman–Crippen MR) is 101 cm³/mol. The standard InChI is InChI=1S/C21H23NO6/c1-26-17-4-3-12-7-16-14-9-19(28-11-20(23)24)18(27-2)8-13(14)5-6-22(16)10-15(12)21(17)25/h3-4,8-9,16,25H,5-7,10-11H2,1-2H3,(H,23,24). The fourth-order valence-corrected chi connectivity index (χ4v) is 4.20. The first-order chi connectivity index (χ1) is 13.5. The number of phenolic OH excluding ortho intramolecular Hbond substituents is 1. The number of carbonyl (C=O) groups is 1. The van der Waals surface area contributed by atoms with Crippen molar-refractivity contribution in [3.8, 4) is 23.0 Å². The zero-order valence-electron chi connectivity index (χ0n) is 15.9. The molecule has 28 heavy (non-hydrogen) atoms. The first-order valence-electron chi connectivity index (χ1n) is 9.19. The van der Waals surface area contributed by atoms with Crippen molar-refractivity contribution in [3.05, 3.63) is 46.5 Å². The van der Waals surface area contributed by atoms with Crippen molar-refractivity contribution < 1.29 is 29.2 Å². The molecule has 2 aromatic carbocycles. The Labute approximate surface area is 163 Å². The van der Waals surface area contributed by atoms with Crippen molar-refractivity contribution in [1.82, 2.24) is 4.90 Å². The van der Waals surface area contributed by atoms with Gasteiger partial charge in [-0.3, -0.25) is 4.90 Å². The third-order valence-electron chi connectivity index (χ3n) is 5.58. The predicted octanol–water partition coefficient (Wildman–Crippen LogP) is 2.53. The number of rotatable bonds is 5. The van der Waals surface area contributed by atoms with E-state index in [-0.39, 0.29) is 11.8 Å². The Morgan fingerprint density at radius 1 is 1.14 bits per heavy atom. The fourth-order valence-electron chi connectivity index (χ4n) is 4.20. The highest BCUT2D eigenvalue weighted by Gasteiger charge is 2.34. The van der Waals surface area contributed by atoms with Crippen molar-refractivity contribution in [1.29, 1.82) is 0 Å². The Morgan fingerprint density at radius 2 is 1.93 bits per heavy atom. The molecule has 0 fully saturated rings. The number of carboxylic acids is 1. The molecule has 2 aromatic rings. The summed E-state index contributed by atoms with van der Waals surface area (Å²) in [6.45, 7) is 1.09. The molecule has 2 aliphatic heterocycles. The van der Waals surface area contributed by atoms with Crippen molar-refractivity contribution in [2.75, 3.05) is 27.4 Å². The summed E-state index contributed by atoms with van der Waals surface area (Å²) in [7, 11) is 3.10. The SMILES string of the molecule is COc1cc2c(cc1OCC(=O)O)C1Cc3ccc(OC)c(O)c3CN1CC2. The van der Waals surface area contributed by atoms with Crippen LogP contribution < -0.4 is 14.2 Å². The normalized spacial score (nSPS) is 17.9. The van der Waals surface area contributed by atoms with E-state index in [2.05, 4.69) is 4.90 Å². The summed E-state index contributed by atoms with van der Waals surface area (Å²) in [6, 6.07) is 7.79. The number of carboxylic acid groups (broad SMARTS) is 1. The Bertz CT molecular complexity index is 926. The van der Waals surface area contributed by atoms with E-state index < -0.39 is 12.6 Å². The number of methoxy groups -OCH3 is 2. The average Bonchev–Trinajstić information content (AvgIpc) is 2.70. The van der Waals surface area contributed by atoms with E-state index in [0.29, 0.717) is 23.8 Å². The second kappa shape index (κ2) is 7.24. The summed E-state index contributed by atoms with van der Waals surface area (Å²) in [4.78, 5) is 13.2. The lowest BCUT2D eigenvalue weighted by Crippen LogP contribution is -2.39. The van der Waals surface area contributed by atoms with Gasteiger partial charge in [-0.1, -0.05) is 6.07 Å². The lowest BCUT2D eigenvalue weighted by Gasteiger charge is -2.42. The van der Waals surface area contributed by atoms with Crippen LogP contribution in [0.3, 0.4) is 0 Å². The van der Waals surface area contributed by atoms with E-state index in [4.69, 9.17) is 19.3 Å². The van der Waals surface area contributed by atoms with Crippen LogP contribution in [0.15, 0.2) is 24.3 Å². The summed E-state index contributed by atoms with van der Waals surface area (Å²) in [6.07, 6.45) is 1.60. The molecule has 0 saturated carbocycles. The number of fused-ring (bicyclic) bond motifs is 4. The van der Waals surface area contributed by atoms with Crippen LogP contribution in [-0.2, 0) is 24.2 Å². The molecule has 7 heteroatoms. The number of aliphatic carboxylic acids is 1. The zero-order chi connectivity index (χ0) is 19.8. The largest absolute Gasteiger partial charge is 0.504 e. The maximum atomic E-state index is 10.9. The van der Waals surface area contributed by atoms with E-state index >= 15 is 0 Å². The summed E-state index contributed by atoms with van der Waals surface area (Å²) in [5.41, 5.74) is 4.31. The van der Waals surface area contributed by atoms with Crippen LogP contribution >= 0.6 is 0 Å². The number of aromatic hydroxyl groups is 1. The van der Waals surface area contributed by atoms with E-state index in [1.54, 1.807) is 20.3 Å². The highest BCUT2D eigenvalue weighted by atomic mass is 16.5. The van der Waals surface area contributed by atoms with Gasteiger partial charge >= 0.3 is 5.97 Å². The number of nitrogens with zero attached hydrogens (tertiary/aromatic N) is 1. The smallest absolute Gasteiger partial charge is 0.341 e. The number of ether oxygens (including phenoxy) is 3. The second-order valence-corrected chi connectivity index (χ2v) is 7.08. The molecule has 2 heterocycles. The van der Waals surface area contributed by atoms with E-state index in [1.807, 2.05) is 18.2 Å². The van der Waals surface area contributed by atoms with Crippen LogP contribution in [0.25, 0.3) is 0 Å². The highest BCUT2D eigenvalue weighted by molar-refractivity contribution is 5.68. The lowest BCUT2D eigenvalue weighted by atomic mass is 9.83. The van der Waals surface area contributed by atoms with Crippen molar-refractivity contribution in [2.45, 2.75) is 25.4 Å². The molecule has 0 aromatic heterocycles. The Balaban J connectivity index is 1.71. The topological polar surface area (TPSA) is 88.5 Å². The van der Waals surface area contributed by atoms with Gasteiger partial charge in [-0.15, -0.1) is 0 Å². The van der Waals surface area contributed by atoms with Crippen molar-refractivity contribution in [2.24, 2.45) is 0 Å². The maximum Gasteiger partial charge on any atom is 0.341 e. The van der Waals surface area contributed by atoms with Crippen LogP contribution in [0.1, 0.15) is 28.3 Å². The molecule has 0 radical (unpaired) electrons. The first kappa shape index (κ1) is 18.4. The number of hydrogen-bond acceptors (Lipinski definition) is 6. The van der Waals surface area contributed by atoms with Gasteiger partial charge < -0.3 is 24.4 Å². The van der Waals surface area contributed by atoms with Crippen LogP contribution in [-0.4, -0.2) is 48.5 Å². The third-order valence-corrected chi connectivity index (χ3v) is 5.58. The second-order valence-electron chi connectivity index (χ2n) is 7.08. The summed E-state index contributed by atoms with van der Waals surface area (Å²) in [5.74, 6) is 0.659. The van der Waals surface area contributed by atoms with Gasteiger partial charge in [0.1, 0.15) is 0 Å². The molecule has 2 aliphatic rings. The number of hydrogen-bond donors (Lipinski definition) is 2. The van der Waals surface area contributed by atoms with Gasteiger partial charge in [-0.05, 0) is 47.7 Å². The molecule has 148 valence electrons. The number of phenols is 1. The van der Waals surface area contributed by atoms with Gasteiger partial charge in [0.25, 0.3) is 0 Å². The molecule has 4 rings (SSSR count). The molecular weight excluding hydrogens is 362 g/mol. The van der Waals surface area contributed by atoms with Crippen LogP contribution in [0, 0.1) is 0 Å². The Kier molecular flexibility index (Phi) is 4.77. The quantitative estimate of drug-likeness (QED) is 0.818. The molecule has 0 spiro atoms. The van der Waals surface area contributed by atoms with E-state index in [0.717, 1.165) is 36.1 Å². The molecule has 1 unspecified atom stereocenters. The Morgan fingerprint density at radius 3 is 2.64 bits per heavy atom. The van der Waals surface area contributed by atoms with Crippen LogP contribution in [0.2, 0.25) is 0 Å². The highest BCUT2D eigenvalue weighted by Crippen LogP contribution is 2.45. The monoisotopic (exact) mass is 385 g/mol. The first-order valence-corrected chi connectivity index (χ1v) is 9.19. The zero-order valence-corrected chi connectivity index (χ0v) is 15.9. The molecule has 0 aliphatic carbocycles. The van der Waals surface area contributed by atoms with Gasteiger partial charge in [-0.25, -0.2) is 4.79 Å². The molecule has 0 saturated heterocycles. The van der Waals surface area contributed by atoms with Crippen LogP contribution in [0.5, 0.6) is 23.0 Å². The fraction of sp³-hybridized carbons (Fsp3) is 0.381. The molecule has 0 amide bonds. The average molecular weight is 385 g/mol. The Hall–Kier alpha value is -2.93. The van der Waals surface area contributed by atoms with Gasteiger partial charge in [0.2, 0.25) is 0 Å². The molecule has 1 atom stereocenters. The minimum atomic E-state index is -1.03. The lowest BCUT2D eigenvalue weighted by molar-refractivity contribution is -0.139. The van der Waals surface area contributed by atoms with Gasteiger partial charge in [0.15, 0.2) is 29.6 Å². The minimum Gasteiger partial charge on any atom is -0.504 e. The van der Waals surface area contributed by atoms with Crippen molar-refractivity contribution in [3.63, 3.8) is 0 Å². The summed E-state index contributed by atoms with van der Waals surface area (Å²) >= 11 is 0. The molecular formula is C21H23NO6. The maximum absolute atomic E-state index is 10.9. The van der Waals surface area contributed by atoms with Gasteiger partial charge in [0, 0.05) is 24.7 Å². The molecule has 0 bridgehead atoms. The van der Waals surface area contributed by atoms with Crippen molar-refractivity contribution >= 4 is 5.97 Å². The molecule has 7 nitrogen and oxygen atoms in total. The van der Waals surface area contributed by atoms with E-state index in [9.17, 15) is 9.90 Å². The van der Waals surface area contributed by atoms with E-state index in [1.165, 1.54) is 5.56 Å². The van der Waals surface area contributed by atoms with Crippen LogP contribution in [0.4, 0.5) is 0 Å². The third kappa shape index (κ3) is 3.11. The minimum absolute atomic E-state index is 0.141. The summed E-state index contributed by atoms with van der Waals surface area (Å²) < 4.78 is 16.1. The summed E-state index contributed by atoms with van der Waals surface area (Å²) in [5, 5.41) is 19.4.